The number of hydrogen-bond donors (Lipinski definition) is 3. The first-order chi connectivity index (χ1) is 17.8. The largest absolute Gasteiger partial charge is 0.423 e. The van der Waals surface area contributed by atoms with Gasteiger partial charge in [-0.2, -0.15) is 31.4 Å². The van der Waals surface area contributed by atoms with Gasteiger partial charge < -0.3 is 25.0 Å². The molecule has 0 aliphatic carbocycles. The van der Waals surface area contributed by atoms with Gasteiger partial charge in [0.2, 0.25) is 11.9 Å². The van der Waals surface area contributed by atoms with E-state index in [9.17, 15) is 41.0 Å². The Labute approximate surface area is 211 Å². The first-order valence-electron chi connectivity index (χ1n) is 11.4. The Morgan fingerprint density at radius 3 is 2.29 bits per heavy atom. The quantitative estimate of drug-likeness (QED) is 0.312. The van der Waals surface area contributed by atoms with Crippen LogP contribution >= 0.6 is 0 Å². The van der Waals surface area contributed by atoms with Crippen molar-refractivity contribution in [2.75, 3.05) is 49.6 Å². The molecule has 2 aromatic heterocycles. The molecule has 0 saturated carbocycles. The first kappa shape index (κ1) is 29.1. The van der Waals surface area contributed by atoms with E-state index >= 15 is 0 Å². The van der Waals surface area contributed by atoms with Crippen LogP contribution in [0.1, 0.15) is 24.5 Å². The molecule has 1 fully saturated rings. The number of ether oxygens (including phenoxy) is 1. The summed E-state index contributed by atoms with van der Waals surface area (Å²) in [6, 6.07) is -1.04. The van der Waals surface area contributed by atoms with E-state index < -0.39 is 46.9 Å². The normalized spacial score (nSPS) is 16.3. The molecule has 0 aromatic carbocycles. The molecule has 11 nitrogen and oxygen atoms in total. The lowest BCUT2D eigenvalue weighted by Crippen LogP contribution is -2.49. The second-order valence-corrected chi connectivity index (χ2v) is 8.44. The number of nitrogens with one attached hydrogen (secondary N) is 2. The minimum absolute atomic E-state index is 0.0519. The summed E-state index contributed by atoms with van der Waals surface area (Å²) in [7, 11) is 0. The molecular formula is C21H25F6N7O4. The second kappa shape index (κ2) is 11.9. The zero-order chi connectivity index (χ0) is 28.1. The van der Waals surface area contributed by atoms with Crippen LogP contribution < -0.4 is 15.8 Å². The summed E-state index contributed by atoms with van der Waals surface area (Å²) in [6.45, 7) is 2.11. The van der Waals surface area contributed by atoms with Crippen LogP contribution in [-0.2, 0) is 21.9 Å². The van der Waals surface area contributed by atoms with Gasteiger partial charge in [0.1, 0.15) is 5.56 Å². The number of carbonyl (C=O) groups excluding carboxylic acids is 1. The topological polar surface area (TPSA) is 137 Å². The number of H-pyrrole nitrogens is 1. The van der Waals surface area contributed by atoms with Crippen LogP contribution in [0.2, 0.25) is 0 Å². The van der Waals surface area contributed by atoms with Gasteiger partial charge in [-0.05, 0) is 6.92 Å². The average molecular weight is 553 g/mol. The number of anilines is 2. The predicted molar refractivity (Wildman–Crippen MR) is 120 cm³/mol. The molecule has 2 atom stereocenters. The SMILES string of the molecule is C[C@H](O)[C@@H](COCCC(=O)N1CCN(c2ncc(C(F)(F)F)cn2)CC1)Nc1cn[nH]c(=O)c1C(F)(F)F. The molecule has 210 valence electrons. The molecule has 3 N–H and O–H groups in total. The third kappa shape index (κ3) is 7.53. The van der Waals surface area contributed by atoms with E-state index in [1.165, 1.54) is 11.8 Å². The van der Waals surface area contributed by atoms with Crippen molar-refractivity contribution in [1.29, 1.82) is 0 Å². The van der Waals surface area contributed by atoms with E-state index in [0.29, 0.717) is 25.5 Å². The summed E-state index contributed by atoms with van der Waals surface area (Å²) >= 11 is 0. The van der Waals surface area contributed by atoms with Crippen LogP contribution in [0.3, 0.4) is 0 Å². The fraction of sp³-hybridized carbons (Fsp3) is 0.571. The number of amides is 1. The number of piperazine rings is 1. The van der Waals surface area contributed by atoms with Gasteiger partial charge in [0.15, 0.2) is 0 Å². The molecule has 3 heterocycles. The van der Waals surface area contributed by atoms with Gasteiger partial charge in [-0.1, -0.05) is 0 Å². The molecule has 3 rings (SSSR count). The number of aromatic nitrogens is 4. The first-order valence-corrected chi connectivity index (χ1v) is 11.4. The highest BCUT2D eigenvalue weighted by Gasteiger charge is 2.38. The fourth-order valence-electron chi connectivity index (χ4n) is 3.60. The minimum Gasteiger partial charge on any atom is -0.391 e. The molecule has 1 aliphatic rings. The Hall–Kier alpha value is -3.47. The average Bonchev–Trinajstić information content (AvgIpc) is 2.84. The van der Waals surface area contributed by atoms with Crippen molar-refractivity contribution in [2.24, 2.45) is 0 Å². The van der Waals surface area contributed by atoms with Gasteiger partial charge in [-0.25, -0.2) is 15.1 Å². The predicted octanol–water partition coefficient (Wildman–Crippen LogP) is 1.51. The van der Waals surface area contributed by atoms with Crippen molar-refractivity contribution in [2.45, 2.75) is 37.8 Å². The summed E-state index contributed by atoms with van der Waals surface area (Å²) in [6.07, 6.45) is -8.56. The molecule has 1 saturated heterocycles. The highest BCUT2D eigenvalue weighted by molar-refractivity contribution is 5.76. The van der Waals surface area contributed by atoms with Crippen LogP contribution in [0.25, 0.3) is 0 Å². The Kier molecular flexibility index (Phi) is 9.14. The number of aliphatic hydroxyl groups excluding tert-OH is 1. The van der Waals surface area contributed by atoms with E-state index in [1.807, 2.05) is 0 Å². The molecule has 17 heteroatoms. The maximum Gasteiger partial charge on any atom is 0.423 e. The number of hydrogen-bond acceptors (Lipinski definition) is 9. The number of halogens is 6. The van der Waals surface area contributed by atoms with Gasteiger partial charge in [0, 0.05) is 38.6 Å². The fourth-order valence-corrected chi connectivity index (χ4v) is 3.60. The van der Waals surface area contributed by atoms with Gasteiger partial charge >= 0.3 is 12.4 Å². The number of nitrogens with zero attached hydrogens (tertiary/aromatic N) is 5. The Morgan fingerprint density at radius 2 is 1.74 bits per heavy atom. The maximum atomic E-state index is 13.2. The van der Waals surface area contributed by atoms with E-state index in [2.05, 4.69) is 20.4 Å². The van der Waals surface area contributed by atoms with Crippen LogP contribution in [0.5, 0.6) is 0 Å². The molecule has 0 radical (unpaired) electrons. The Balaban J connectivity index is 1.46. The lowest BCUT2D eigenvalue weighted by molar-refractivity contribution is -0.139. The van der Waals surface area contributed by atoms with Crippen molar-refractivity contribution in [3.63, 3.8) is 0 Å². The second-order valence-electron chi connectivity index (χ2n) is 8.44. The molecule has 1 amide bonds. The van der Waals surface area contributed by atoms with E-state index in [4.69, 9.17) is 4.74 Å². The molecule has 38 heavy (non-hydrogen) atoms. The van der Waals surface area contributed by atoms with Gasteiger partial charge in [-0.15, -0.1) is 0 Å². The smallest absolute Gasteiger partial charge is 0.391 e. The number of carbonyl (C=O) groups is 1. The summed E-state index contributed by atoms with van der Waals surface area (Å²) in [4.78, 5) is 34.8. The van der Waals surface area contributed by atoms with Crippen LogP contribution in [0.15, 0.2) is 23.4 Å². The molecule has 0 spiro atoms. The summed E-state index contributed by atoms with van der Waals surface area (Å²) in [5.74, 6) is -0.146. The zero-order valence-corrected chi connectivity index (χ0v) is 20.0. The molecule has 2 aromatic rings. The zero-order valence-electron chi connectivity index (χ0n) is 20.0. The Morgan fingerprint density at radius 1 is 1.11 bits per heavy atom. The van der Waals surface area contributed by atoms with Crippen molar-refractivity contribution >= 4 is 17.5 Å². The number of aliphatic hydroxyl groups is 1. The standard InChI is InChI=1S/C21H25F6N7O4/c1-12(35)15(31-14-10-30-32-18(37)17(14)21(25,26)27)11-38-7-2-16(36)33-3-5-34(6-4-33)19-28-8-13(9-29-19)20(22,23)24/h8-10,12,15,35H,2-7,11H2,1H3,(H2,31,32,37)/t12-,15+/m0/s1. The monoisotopic (exact) mass is 553 g/mol. The maximum absolute atomic E-state index is 13.2. The summed E-state index contributed by atoms with van der Waals surface area (Å²) in [5.41, 5.74) is -4.52. The third-order valence-electron chi connectivity index (χ3n) is 5.70. The number of rotatable bonds is 9. The van der Waals surface area contributed by atoms with Gasteiger partial charge in [0.05, 0.1) is 49.2 Å². The minimum atomic E-state index is -4.96. The van der Waals surface area contributed by atoms with Gasteiger partial charge in [-0.3, -0.25) is 9.59 Å². The highest BCUT2D eigenvalue weighted by Crippen LogP contribution is 2.32. The van der Waals surface area contributed by atoms with Crippen LogP contribution in [-0.4, -0.2) is 87.6 Å². The molecular weight excluding hydrogens is 528 g/mol. The van der Waals surface area contributed by atoms with E-state index in [1.54, 1.807) is 10.00 Å². The van der Waals surface area contributed by atoms with Gasteiger partial charge in [0.25, 0.3) is 5.56 Å². The third-order valence-corrected chi connectivity index (χ3v) is 5.70. The summed E-state index contributed by atoms with van der Waals surface area (Å²) < 4.78 is 83.1. The number of alkyl halides is 6. The highest BCUT2D eigenvalue weighted by atomic mass is 19.4. The van der Waals surface area contributed by atoms with E-state index in [0.717, 1.165) is 6.20 Å². The van der Waals surface area contributed by atoms with Crippen molar-refractivity contribution in [1.82, 2.24) is 25.1 Å². The Bertz CT molecular complexity index is 1130. The van der Waals surface area contributed by atoms with Crippen LogP contribution in [0, 0.1) is 0 Å². The lowest BCUT2D eigenvalue weighted by Gasteiger charge is -2.34. The lowest BCUT2D eigenvalue weighted by atomic mass is 10.1. The summed E-state index contributed by atoms with van der Waals surface area (Å²) in [5, 5.41) is 17.4. The molecule has 1 aliphatic heterocycles. The van der Waals surface area contributed by atoms with E-state index in [-0.39, 0.29) is 44.6 Å². The molecule has 0 bridgehead atoms. The molecule has 0 unspecified atom stereocenters. The van der Waals surface area contributed by atoms with Crippen molar-refractivity contribution < 1.29 is 41.0 Å². The van der Waals surface area contributed by atoms with Crippen molar-refractivity contribution in [3.05, 3.63) is 40.1 Å². The van der Waals surface area contributed by atoms with Crippen molar-refractivity contribution in [3.8, 4) is 0 Å². The number of aromatic amines is 1. The van der Waals surface area contributed by atoms with Crippen LogP contribution in [0.4, 0.5) is 38.0 Å².